The first-order chi connectivity index (χ1) is 8.33. The fraction of sp³-hybridized carbons (Fsp3) is 0.500. The van der Waals surface area contributed by atoms with Gasteiger partial charge in [0, 0.05) is 5.46 Å². The maximum absolute atomic E-state index is 9.19. The molecule has 4 nitrogen and oxygen atoms in total. The maximum Gasteiger partial charge on any atom is 0.498 e. The molecule has 2 unspecified atom stereocenters. The summed E-state index contributed by atoms with van der Waals surface area (Å²) in [6.45, 7) is 2.39. The highest BCUT2D eigenvalue weighted by molar-refractivity contribution is 6.64. The Kier molecular flexibility index (Phi) is 2.82. The molecule has 2 aliphatic rings. The fourth-order valence-corrected chi connectivity index (χ4v) is 2.42. The van der Waals surface area contributed by atoms with E-state index in [2.05, 4.69) is 13.0 Å². The van der Waals surface area contributed by atoms with Crippen molar-refractivity contribution < 1.29 is 19.2 Å². The van der Waals surface area contributed by atoms with Crippen LogP contribution in [0.4, 0.5) is 0 Å². The second-order valence-corrected chi connectivity index (χ2v) is 4.38. The van der Waals surface area contributed by atoms with Crippen molar-refractivity contribution in [3.8, 4) is 5.75 Å². The van der Waals surface area contributed by atoms with Crippen LogP contribution in [0.1, 0.15) is 25.0 Å². The zero-order valence-electron chi connectivity index (χ0n) is 9.76. The van der Waals surface area contributed by atoms with Gasteiger partial charge < -0.3 is 19.2 Å². The molecule has 0 amide bonds. The molecule has 5 heteroatoms. The van der Waals surface area contributed by atoms with Crippen molar-refractivity contribution in [2.24, 2.45) is 0 Å². The predicted octanol–water partition coefficient (Wildman–Crippen LogP) is 0.633. The summed E-state index contributed by atoms with van der Waals surface area (Å²) in [5.41, 5.74) is 2.14. The predicted molar refractivity (Wildman–Crippen MR) is 63.4 cm³/mol. The van der Waals surface area contributed by atoms with E-state index in [9.17, 15) is 5.11 Å². The van der Waals surface area contributed by atoms with E-state index in [1.807, 2.05) is 12.1 Å². The molecule has 0 aromatic heterocycles. The van der Waals surface area contributed by atoms with E-state index < -0.39 is 7.12 Å². The van der Waals surface area contributed by atoms with Gasteiger partial charge in [-0.2, -0.15) is 0 Å². The Balaban J connectivity index is 2.02. The smallest absolute Gasteiger partial charge is 0.491 e. The van der Waals surface area contributed by atoms with Gasteiger partial charge in [-0.05, 0) is 18.1 Å². The topological polar surface area (TPSA) is 47.9 Å². The molecular formula is C12H15BO4. The molecule has 0 radical (unpaired) electrons. The van der Waals surface area contributed by atoms with Crippen molar-refractivity contribution in [1.29, 1.82) is 0 Å². The molecular weight excluding hydrogens is 219 g/mol. The first-order valence-electron chi connectivity index (χ1n) is 6.01. The van der Waals surface area contributed by atoms with Crippen LogP contribution in [-0.2, 0) is 9.31 Å². The number of aliphatic hydroxyl groups is 1. The lowest BCUT2D eigenvalue weighted by atomic mass is 9.77. The van der Waals surface area contributed by atoms with Gasteiger partial charge in [0.1, 0.15) is 18.5 Å². The summed E-state index contributed by atoms with van der Waals surface area (Å²) in [4.78, 5) is 0. The van der Waals surface area contributed by atoms with Crippen LogP contribution in [0, 0.1) is 0 Å². The van der Waals surface area contributed by atoms with Crippen LogP contribution in [0.5, 0.6) is 5.75 Å². The number of rotatable bonds is 2. The molecule has 2 atom stereocenters. The summed E-state index contributed by atoms with van der Waals surface area (Å²) < 4.78 is 17.3. The van der Waals surface area contributed by atoms with E-state index in [1.54, 1.807) is 0 Å². The molecule has 3 rings (SSSR count). The third-order valence-electron chi connectivity index (χ3n) is 3.29. The number of hydrogen-bond donors (Lipinski definition) is 1. The lowest BCUT2D eigenvalue weighted by molar-refractivity contribution is 0.0483. The molecule has 0 aliphatic carbocycles. The van der Waals surface area contributed by atoms with Crippen molar-refractivity contribution in [2.45, 2.75) is 25.6 Å². The van der Waals surface area contributed by atoms with Gasteiger partial charge in [-0.1, -0.05) is 19.1 Å². The van der Waals surface area contributed by atoms with E-state index in [1.165, 1.54) is 0 Å². The standard InChI is InChI=1S/C12H15BO4/c1-2-10-9-4-3-5-11-12(9)13(17-10)16-8(6-14)7-15-11/h3-5,8,10,14H,2,6-7H2,1H3. The van der Waals surface area contributed by atoms with Crippen molar-refractivity contribution >= 4 is 12.6 Å². The summed E-state index contributed by atoms with van der Waals surface area (Å²) in [6, 6.07) is 5.96. The van der Waals surface area contributed by atoms with Crippen LogP contribution in [-0.4, -0.2) is 31.5 Å². The second kappa shape index (κ2) is 4.33. The van der Waals surface area contributed by atoms with Crippen LogP contribution in [0.25, 0.3) is 0 Å². The van der Waals surface area contributed by atoms with Crippen molar-refractivity contribution in [3.05, 3.63) is 23.8 Å². The average Bonchev–Trinajstić information content (AvgIpc) is 2.61. The van der Waals surface area contributed by atoms with Crippen molar-refractivity contribution in [3.63, 3.8) is 0 Å². The maximum atomic E-state index is 9.19. The molecule has 2 heterocycles. The summed E-state index contributed by atoms with van der Waals surface area (Å²) in [7, 11) is -0.397. The van der Waals surface area contributed by atoms with Gasteiger partial charge in [-0.15, -0.1) is 0 Å². The van der Waals surface area contributed by atoms with Crippen molar-refractivity contribution in [2.75, 3.05) is 13.2 Å². The van der Waals surface area contributed by atoms with E-state index in [4.69, 9.17) is 14.0 Å². The highest BCUT2D eigenvalue weighted by Crippen LogP contribution is 2.32. The Morgan fingerprint density at radius 2 is 2.29 bits per heavy atom. The Bertz CT molecular complexity index is 423. The van der Waals surface area contributed by atoms with Gasteiger partial charge in [0.25, 0.3) is 0 Å². The van der Waals surface area contributed by atoms with Gasteiger partial charge >= 0.3 is 7.12 Å². The molecule has 1 aromatic carbocycles. The number of hydrogen-bond acceptors (Lipinski definition) is 4. The quantitative estimate of drug-likeness (QED) is 0.762. The number of benzene rings is 1. The normalized spacial score (nSPS) is 26.4. The molecule has 1 aromatic rings. The Labute approximate surface area is 101 Å². The zero-order chi connectivity index (χ0) is 11.8. The molecule has 90 valence electrons. The highest BCUT2D eigenvalue weighted by atomic mass is 16.6. The summed E-state index contributed by atoms with van der Waals surface area (Å²) in [5, 5.41) is 9.19. The fourth-order valence-electron chi connectivity index (χ4n) is 2.42. The Hall–Kier alpha value is -1.04. The lowest BCUT2D eigenvalue weighted by Gasteiger charge is -2.16. The minimum Gasteiger partial charge on any atom is -0.491 e. The third-order valence-corrected chi connectivity index (χ3v) is 3.29. The van der Waals surface area contributed by atoms with Crippen LogP contribution < -0.4 is 10.2 Å². The Morgan fingerprint density at radius 3 is 3.06 bits per heavy atom. The summed E-state index contributed by atoms with van der Waals surface area (Å²) >= 11 is 0. The molecule has 17 heavy (non-hydrogen) atoms. The van der Waals surface area contributed by atoms with Crippen LogP contribution in [0.3, 0.4) is 0 Å². The Morgan fingerprint density at radius 1 is 1.41 bits per heavy atom. The van der Waals surface area contributed by atoms with Crippen LogP contribution >= 0.6 is 0 Å². The molecule has 0 saturated heterocycles. The van der Waals surface area contributed by atoms with Gasteiger partial charge in [0.15, 0.2) is 0 Å². The SMILES string of the molecule is CCC1OB2OC(CO)COc3cccc1c32. The van der Waals surface area contributed by atoms with Crippen LogP contribution in [0.2, 0.25) is 0 Å². The van der Waals surface area contributed by atoms with E-state index in [0.29, 0.717) is 6.61 Å². The molecule has 0 saturated carbocycles. The zero-order valence-corrected chi connectivity index (χ0v) is 9.76. The summed E-state index contributed by atoms with van der Waals surface area (Å²) in [6.07, 6.45) is 0.645. The van der Waals surface area contributed by atoms with Crippen LogP contribution in [0.15, 0.2) is 18.2 Å². The van der Waals surface area contributed by atoms with E-state index in [-0.39, 0.29) is 18.8 Å². The average molecular weight is 234 g/mol. The highest BCUT2D eigenvalue weighted by Gasteiger charge is 2.42. The largest absolute Gasteiger partial charge is 0.498 e. The second-order valence-electron chi connectivity index (χ2n) is 4.38. The number of aliphatic hydroxyl groups excluding tert-OH is 1. The van der Waals surface area contributed by atoms with E-state index >= 15 is 0 Å². The first-order valence-corrected chi connectivity index (χ1v) is 6.01. The third kappa shape index (κ3) is 1.75. The van der Waals surface area contributed by atoms with E-state index in [0.717, 1.165) is 23.2 Å². The summed E-state index contributed by atoms with van der Waals surface area (Å²) in [5.74, 6) is 0.819. The molecule has 0 fully saturated rings. The molecule has 1 N–H and O–H groups in total. The lowest BCUT2D eigenvalue weighted by Crippen LogP contribution is -2.36. The molecule has 2 aliphatic heterocycles. The van der Waals surface area contributed by atoms with Gasteiger partial charge in [0.2, 0.25) is 0 Å². The van der Waals surface area contributed by atoms with Gasteiger partial charge in [0.05, 0.1) is 12.7 Å². The van der Waals surface area contributed by atoms with Gasteiger partial charge in [-0.3, -0.25) is 0 Å². The first kappa shape index (κ1) is 11.1. The van der Waals surface area contributed by atoms with Crippen molar-refractivity contribution in [1.82, 2.24) is 0 Å². The minimum atomic E-state index is -0.397. The number of ether oxygens (including phenoxy) is 1. The molecule has 0 bridgehead atoms. The van der Waals surface area contributed by atoms with Gasteiger partial charge in [-0.25, -0.2) is 0 Å². The molecule has 0 spiro atoms. The monoisotopic (exact) mass is 234 g/mol. The minimum absolute atomic E-state index is 0.0556.